The monoisotopic (exact) mass is 407 g/mol. The predicted octanol–water partition coefficient (Wildman–Crippen LogP) is 4.60. The number of carbonyl (C=O) groups excluding carboxylic acids is 1. The average Bonchev–Trinajstić information content (AvgIpc) is 2.76. The van der Waals surface area contributed by atoms with Gasteiger partial charge < -0.3 is 14.5 Å². The second-order valence-electron chi connectivity index (χ2n) is 6.22. The quantitative estimate of drug-likeness (QED) is 0.536. The third-order valence-corrected chi connectivity index (χ3v) is 4.24. The molecule has 2 heterocycles. The van der Waals surface area contributed by atoms with Crippen LogP contribution in [0.1, 0.15) is 10.4 Å². The largest absolute Gasteiger partial charge is 0.493 e. The number of carbonyl (C=O) groups is 1. The number of amides is 1. The molecule has 4 aromatic rings. The van der Waals surface area contributed by atoms with E-state index in [1.165, 1.54) is 19.4 Å². The third kappa shape index (κ3) is 3.88. The zero-order valence-electron chi connectivity index (χ0n) is 15.7. The molecular weight excluding hydrogens is 392 g/mol. The second-order valence-corrected chi connectivity index (χ2v) is 6.22. The molecular formula is C22H15F2N3O3. The van der Waals surface area contributed by atoms with E-state index in [1.54, 1.807) is 42.5 Å². The number of halogens is 2. The van der Waals surface area contributed by atoms with Crippen LogP contribution in [-0.4, -0.2) is 18.0 Å². The van der Waals surface area contributed by atoms with Crippen molar-refractivity contribution in [3.8, 4) is 5.75 Å². The van der Waals surface area contributed by atoms with Gasteiger partial charge in [-0.05, 0) is 36.4 Å². The summed E-state index contributed by atoms with van der Waals surface area (Å²) in [5.74, 6) is -1.81. The number of anilines is 1. The minimum Gasteiger partial charge on any atom is -0.493 e. The number of fused-ring (bicyclic) bond motifs is 1. The summed E-state index contributed by atoms with van der Waals surface area (Å²) >= 11 is 0. The van der Waals surface area contributed by atoms with Gasteiger partial charge in [0.2, 0.25) is 5.55 Å². The van der Waals surface area contributed by atoms with Gasteiger partial charge in [0.1, 0.15) is 11.4 Å². The Hall–Kier alpha value is -4.07. The summed E-state index contributed by atoms with van der Waals surface area (Å²) in [6, 6.07) is 15.0. The van der Waals surface area contributed by atoms with Crippen molar-refractivity contribution in [3.63, 3.8) is 0 Å². The highest BCUT2D eigenvalue weighted by Crippen LogP contribution is 2.25. The van der Waals surface area contributed by atoms with Crippen molar-refractivity contribution < 1.29 is 22.7 Å². The molecule has 0 atom stereocenters. The molecule has 0 unspecified atom stereocenters. The third-order valence-electron chi connectivity index (χ3n) is 4.24. The summed E-state index contributed by atoms with van der Waals surface area (Å²) in [7, 11) is 1.48. The maximum absolute atomic E-state index is 13.6. The van der Waals surface area contributed by atoms with E-state index in [4.69, 9.17) is 9.15 Å². The second kappa shape index (κ2) is 8.12. The molecule has 0 saturated heterocycles. The summed E-state index contributed by atoms with van der Waals surface area (Å²) in [6.45, 7) is 0. The number of aromatic nitrogens is 1. The fraction of sp³-hybridized carbons (Fsp3) is 0.0455. The number of nitrogens with one attached hydrogen (secondary N) is 1. The molecule has 150 valence electrons. The summed E-state index contributed by atoms with van der Waals surface area (Å²) in [5, 5.41) is 3.26. The van der Waals surface area contributed by atoms with Crippen LogP contribution in [0.5, 0.6) is 5.75 Å². The Balaban J connectivity index is 1.90. The fourth-order valence-corrected chi connectivity index (χ4v) is 2.82. The number of nitrogens with zero attached hydrogens (tertiary/aromatic N) is 2. The van der Waals surface area contributed by atoms with Crippen molar-refractivity contribution in [1.82, 2.24) is 4.98 Å². The van der Waals surface area contributed by atoms with E-state index < -0.39 is 17.5 Å². The first-order chi connectivity index (χ1) is 14.5. The van der Waals surface area contributed by atoms with Gasteiger partial charge in [-0.3, -0.25) is 4.79 Å². The minimum absolute atomic E-state index is 0.0822. The average molecular weight is 407 g/mol. The zero-order valence-corrected chi connectivity index (χ0v) is 15.7. The van der Waals surface area contributed by atoms with Crippen LogP contribution in [0.2, 0.25) is 0 Å². The lowest BCUT2D eigenvalue weighted by Gasteiger charge is -2.08. The van der Waals surface area contributed by atoms with Gasteiger partial charge in [0.25, 0.3) is 5.91 Å². The maximum Gasteiger partial charge on any atom is 0.262 e. The van der Waals surface area contributed by atoms with Gasteiger partial charge in [-0.25, -0.2) is 18.8 Å². The number of ether oxygens (including phenoxy) is 1. The molecule has 0 spiro atoms. The van der Waals surface area contributed by atoms with Gasteiger partial charge in [0.15, 0.2) is 23.0 Å². The van der Waals surface area contributed by atoms with E-state index >= 15 is 0 Å². The lowest BCUT2D eigenvalue weighted by atomic mass is 10.1. The molecule has 0 fully saturated rings. The summed E-state index contributed by atoms with van der Waals surface area (Å²) in [5.41, 5.74) is 0.437. The van der Waals surface area contributed by atoms with Crippen LogP contribution in [-0.2, 0) is 0 Å². The van der Waals surface area contributed by atoms with E-state index in [0.717, 1.165) is 12.1 Å². The smallest absolute Gasteiger partial charge is 0.262 e. The number of para-hydroxylation sites is 1. The fourth-order valence-electron chi connectivity index (χ4n) is 2.82. The van der Waals surface area contributed by atoms with Crippen molar-refractivity contribution >= 4 is 28.4 Å². The number of hydrogen-bond donors (Lipinski definition) is 1. The van der Waals surface area contributed by atoms with E-state index in [9.17, 15) is 13.6 Å². The van der Waals surface area contributed by atoms with Crippen LogP contribution in [0.4, 0.5) is 20.3 Å². The molecule has 2 aromatic carbocycles. The van der Waals surface area contributed by atoms with E-state index in [-0.39, 0.29) is 16.8 Å². The van der Waals surface area contributed by atoms with Crippen LogP contribution < -0.4 is 15.6 Å². The van der Waals surface area contributed by atoms with Crippen LogP contribution in [0.3, 0.4) is 0 Å². The summed E-state index contributed by atoms with van der Waals surface area (Å²) in [6.07, 6.45) is 1.54. The zero-order chi connectivity index (χ0) is 21.1. The highest BCUT2D eigenvalue weighted by Gasteiger charge is 2.15. The van der Waals surface area contributed by atoms with Gasteiger partial charge in [0.05, 0.1) is 12.8 Å². The summed E-state index contributed by atoms with van der Waals surface area (Å²) in [4.78, 5) is 21.2. The first-order valence-corrected chi connectivity index (χ1v) is 8.88. The van der Waals surface area contributed by atoms with Gasteiger partial charge >= 0.3 is 0 Å². The van der Waals surface area contributed by atoms with Crippen LogP contribution in [0.15, 0.2) is 76.3 Å². The molecule has 0 aliphatic rings. The number of hydrogen-bond acceptors (Lipinski definition) is 5. The minimum atomic E-state index is -1.06. The molecule has 6 nitrogen and oxygen atoms in total. The number of rotatable bonds is 4. The topological polar surface area (TPSA) is 76.7 Å². The Labute approximate surface area is 169 Å². The van der Waals surface area contributed by atoms with Gasteiger partial charge in [-0.1, -0.05) is 18.2 Å². The van der Waals surface area contributed by atoms with Gasteiger partial charge in [-0.15, -0.1) is 0 Å². The van der Waals surface area contributed by atoms with Crippen LogP contribution in [0, 0.1) is 11.6 Å². The lowest BCUT2D eigenvalue weighted by Crippen LogP contribution is -2.22. The van der Waals surface area contributed by atoms with Gasteiger partial charge in [0, 0.05) is 17.6 Å². The molecule has 4 rings (SSSR count). The molecule has 0 radical (unpaired) electrons. The standard InChI is InChI=1S/C22H15F2N3O3/c1-29-18-6-4-5-13-11-15(21(28)27-19-7-2-3-10-25-19)22(30-20(13)18)26-14-8-9-16(23)17(24)12-14/h2-12H,1H3,(H,25,27,28). The summed E-state index contributed by atoms with van der Waals surface area (Å²) < 4.78 is 38.1. The maximum atomic E-state index is 13.6. The lowest BCUT2D eigenvalue weighted by molar-refractivity contribution is 0.102. The van der Waals surface area contributed by atoms with E-state index in [2.05, 4.69) is 15.3 Å². The van der Waals surface area contributed by atoms with Crippen molar-refractivity contribution in [2.75, 3.05) is 12.4 Å². The molecule has 0 aliphatic heterocycles. The Bertz CT molecular complexity index is 1300. The number of benzene rings is 2. The molecule has 0 bridgehead atoms. The van der Waals surface area contributed by atoms with E-state index in [1.807, 2.05) is 0 Å². The first kappa shape index (κ1) is 19.3. The Kier molecular flexibility index (Phi) is 5.21. The number of pyridine rings is 1. The molecule has 0 saturated carbocycles. The van der Waals surface area contributed by atoms with Crippen LogP contribution in [0.25, 0.3) is 11.0 Å². The molecule has 8 heteroatoms. The van der Waals surface area contributed by atoms with Crippen LogP contribution >= 0.6 is 0 Å². The molecule has 0 aliphatic carbocycles. The number of methoxy groups -OCH3 is 1. The highest BCUT2D eigenvalue weighted by molar-refractivity contribution is 6.05. The highest BCUT2D eigenvalue weighted by atomic mass is 19.2. The van der Waals surface area contributed by atoms with Crippen molar-refractivity contribution in [1.29, 1.82) is 0 Å². The Morgan fingerprint density at radius 3 is 2.67 bits per heavy atom. The SMILES string of the molecule is COc1cccc2cc(C(=O)Nc3ccccn3)c(=Nc3ccc(F)c(F)c3)oc12. The molecule has 1 amide bonds. The van der Waals surface area contributed by atoms with Gasteiger partial charge in [-0.2, -0.15) is 0 Å². The first-order valence-electron chi connectivity index (χ1n) is 8.88. The Morgan fingerprint density at radius 2 is 1.93 bits per heavy atom. The van der Waals surface area contributed by atoms with E-state index in [0.29, 0.717) is 22.5 Å². The predicted molar refractivity (Wildman–Crippen MR) is 107 cm³/mol. The van der Waals surface area contributed by atoms with Crippen molar-refractivity contribution in [3.05, 3.63) is 89.6 Å². The van der Waals surface area contributed by atoms with Crippen molar-refractivity contribution in [2.45, 2.75) is 0 Å². The molecule has 1 N–H and O–H groups in total. The Morgan fingerprint density at radius 1 is 1.07 bits per heavy atom. The normalized spacial score (nSPS) is 11.5. The van der Waals surface area contributed by atoms with Crippen molar-refractivity contribution in [2.24, 2.45) is 4.99 Å². The molecule has 30 heavy (non-hydrogen) atoms. The molecule has 2 aromatic heterocycles.